The molecule has 2 aliphatic heterocycles. The Morgan fingerprint density at radius 1 is 1.19 bits per heavy atom. The van der Waals surface area contributed by atoms with Gasteiger partial charge in [-0.15, -0.1) is 0 Å². The van der Waals surface area contributed by atoms with Crippen LogP contribution in [0.25, 0.3) is 0 Å². The fourth-order valence-corrected chi connectivity index (χ4v) is 4.18. The van der Waals surface area contributed by atoms with Crippen molar-refractivity contribution in [2.45, 2.75) is 63.3 Å². The van der Waals surface area contributed by atoms with E-state index in [1.54, 1.807) is 4.90 Å². The summed E-state index contributed by atoms with van der Waals surface area (Å²) in [6.07, 6.45) is 3.80. The number of fused-ring (bicyclic) bond motifs is 1. The zero-order chi connectivity index (χ0) is 18.3. The average molecular weight is 356 g/mol. The highest BCUT2D eigenvalue weighted by molar-refractivity contribution is 6.05. The third kappa shape index (κ3) is 3.24. The number of rotatable bonds is 4. The number of hydrogen-bond donors (Lipinski definition) is 3. The van der Waals surface area contributed by atoms with Crippen molar-refractivity contribution in [2.24, 2.45) is 5.73 Å². The van der Waals surface area contributed by atoms with Crippen LogP contribution in [0.5, 0.6) is 0 Å². The summed E-state index contributed by atoms with van der Waals surface area (Å²) in [6, 6.07) is 6.09. The zero-order valence-corrected chi connectivity index (χ0v) is 14.7. The highest BCUT2D eigenvalue weighted by atomic mass is 16.2. The lowest BCUT2D eigenvalue weighted by Gasteiger charge is -2.29. The summed E-state index contributed by atoms with van der Waals surface area (Å²) < 4.78 is 0. The van der Waals surface area contributed by atoms with Crippen molar-refractivity contribution in [1.29, 1.82) is 0 Å². The Morgan fingerprint density at radius 3 is 2.77 bits per heavy atom. The van der Waals surface area contributed by atoms with Crippen LogP contribution in [-0.2, 0) is 22.7 Å². The second-order valence-electron chi connectivity index (χ2n) is 7.54. The summed E-state index contributed by atoms with van der Waals surface area (Å²) in [6.45, 7) is 1.13. The SMILES string of the molecule is NC1CCC(NCc2ccc3c(c2)C(=O)N(C2CCC(=O)NC2=O)C3)C1. The highest BCUT2D eigenvalue weighted by Crippen LogP contribution is 2.28. The molecule has 7 heteroatoms. The second-order valence-corrected chi connectivity index (χ2v) is 7.54. The number of benzene rings is 1. The predicted molar refractivity (Wildman–Crippen MR) is 94.9 cm³/mol. The number of nitrogens with two attached hydrogens (primary N) is 1. The lowest BCUT2D eigenvalue weighted by Crippen LogP contribution is -2.52. The predicted octanol–water partition coefficient (Wildman–Crippen LogP) is 0.417. The van der Waals surface area contributed by atoms with E-state index in [9.17, 15) is 14.4 Å². The first kappa shape index (κ1) is 17.2. The number of carbonyl (C=O) groups excluding carboxylic acids is 3. The molecule has 1 saturated carbocycles. The number of nitrogens with one attached hydrogen (secondary N) is 2. The molecule has 2 fully saturated rings. The van der Waals surface area contributed by atoms with Gasteiger partial charge in [0.15, 0.2) is 0 Å². The van der Waals surface area contributed by atoms with Gasteiger partial charge in [0.25, 0.3) is 5.91 Å². The molecule has 1 saturated heterocycles. The molecule has 3 atom stereocenters. The summed E-state index contributed by atoms with van der Waals surface area (Å²) in [5, 5.41) is 5.84. The van der Waals surface area contributed by atoms with Gasteiger partial charge in [-0.2, -0.15) is 0 Å². The van der Waals surface area contributed by atoms with Crippen molar-refractivity contribution in [3.05, 3.63) is 34.9 Å². The van der Waals surface area contributed by atoms with Gasteiger partial charge < -0.3 is 16.0 Å². The van der Waals surface area contributed by atoms with E-state index in [4.69, 9.17) is 5.73 Å². The molecular weight excluding hydrogens is 332 g/mol. The van der Waals surface area contributed by atoms with Crippen LogP contribution in [0.15, 0.2) is 18.2 Å². The molecule has 26 heavy (non-hydrogen) atoms. The van der Waals surface area contributed by atoms with Crippen LogP contribution >= 0.6 is 0 Å². The number of piperidine rings is 1. The zero-order valence-electron chi connectivity index (χ0n) is 14.7. The maximum atomic E-state index is 12.8. The lowest BCUT2D eigenvalue weighted by molar-refractivity contribution is -0.136. The number of amides is 3. The maximum absolute atomic E-state index is 12.8. The molecule has 0 radical (unpaired) electrons. The summed E-state index contributed by atoms with van der Waals surface area (Å²) in [5.74, 6) is -0.767. The van der Waals surface area contributed by atoms with Gasteiger partial charge in [-0.25, -0.2) is 0 Å². The third-order valence-electron chi connectivity index (χ3n) is 5.66. The van der Waals surface area contributed by atoms with Gasteiger partial charge in [-0.05, 0) is 42.9 Å². The summed E-state index contributed by atoms with van der Waals surface area (Å²) >= 11 is 0. The second kappa shape index (κ2) is 6.81. The summed E-state index contributed by atoms with van der Waals surface area (Å²) in [4.78, 5) is 37.8. The van der Waals surface area contributed by atoms with Crippen LogP contribution in [0.1, 0.15) is 53.6 Å². The van der Waals surface area contributed by atoms with Gasteiger partial charge in [0.1, 0.15) is 6.04 Å². The van der Waals surface area contributed by atoms with Crippen molar-refractivity contribution in [2.75, 3.05) is 0 Å². The molecule has 0 bridgehead atoms. The highest BCUT2D eigenvalue weighted by Gasteiger charge is 2.39. The number of carbonyl (C=O) groups is 3. The first-order valence-electron chi connectivity index (χ1n) is 9.26. The Labute approximate surface area is 152 Å². The Bertz CT molecular complexity index is 763. The van der Waals surface area contributed by atoms with Crippen molar-refractivity contribution >= 4 is 17.7 Å². The fraction of sp³-hybridized carbons (Fsp3) is 0.526. The van der Waals surface area contributed by atoms with Gasteiger partial charge in [0, 0.05) is 37.2 Å². The van der Waals surface area contributed by atoms with Crippen LogP contribution in [0, 0.1) is 0 Å². The minimum absolute atomic E-state index is 0.126. The summed E-state index contributed by atoms with van der Waals surface area (Å²) in [5.41, 5.74) is 8.61. The van der Waals surface area contributed by atoms with Crippen molar-refractivity contribution in [3.63, 3.8) is 0 Å². The van der Waals surface area contributed by atoms with E-state index in [1.165, 1.54) is 0 Å². The van der Waals surface area contributed by atoms with E-state index in [0.29, 0.717) is 31.1 Å². The molecule has 138 valence electrons. The first-order chi connectivity index (χ1) is 12.5. The maximum Gasteiger partial charge on any atom is 0.255 e. The normalized spacial score (nSPS) is 28.4. The van der Waals surface area contributed by atoms with Gasteiger partial charge in [0.2, 0.25) is 11.8 Å². The van der Waals surface area contributed by atoms with Crippen LogP contribution in [0.4, 0.5) is 0 Å². The van der Waals surface area contributed by atoms with E-state index in [0.717, 1.165) is 30.4 Å². The van der Waals surface area contributed by atoms with Crippen LogP contribution in [-0.4, -0.2) is 40.7 Å². The van der Waals surface area contributed by atoms with E-state index in [1.807, 2.05) is 18.2 Å². The molecule has 1 aromatic carbocycles. The van der Waals surface area contributed by atoms with Crippen LogP contribution in [0.2, 0.25) is 0 Å². The molecule has 3 amide bonds. The van der Waals surface area contributed by atoms with E-state index >= 15 is 0 Å². The Hall–Kier alpha value is -2.25. The molecule has 2 heterocycles. The molecule has 3 aliphatic rings. The number of imide groups is 1. The molecule has 0 aromatic heterocycles. The standard InChI is InChI=1S/C19H24N4O3/c20-13-3-4-14(8-13)21-9-11-1-2-12-10-23(19(26)15(12)7-11)16-5-6-17(24)22-18(16)25/h1-2,7,13-14,16,21H,3-6,8-10,20H2,(H,22,24,25). The monoisotopic (exact) mass is 356 g/mol. The Balaban J connectivity index is 1.43. The minimum atomic E-state index is -0.561. The molecule has 4 N–H and O–H groups in total. The quantitative estimate of drug-likeness (QED) is 0.678. The molecule has 3 unspecified atom stereocenters. The lowest BCUT2D eigenvalue weighted by atomic mass is 10.0. The summed E-state index contributed by atoms with van der Waals surface area (Å²) in [7, 11) is 0. The molecule has 1 aromatic rings. The van der Waals surface area contributed by atoms with E-state index < -0.39 is 6.04 Å². The van der Waals surface area contributed by atoms with E-state index in [2.05, 4.69) is 10.6 Å². The fourth-order valence-electron chi connectivity index (χ4n) is 4.18. The van der Waals surface area contributed by atoms with Crippen LogP contribution < -0.4 is 16.4 Å². The largest absolute Gasteiger partial charge is 0.328 e. The topological polar surface area (TPSA) is 105 Å². The molecule has 0 spiro atoms. The minimum Gasteiger partial charge on any atom is -0.328 e. The first-order valence-corrected chi connectivity index (χ1v) is 9.26. The Kier molecular flexibility index (Phi) is 4.50. The molecular formula is C19H24N4O3. The average Bonchev–Trinajstić information content (AvgIpc) is 3.17. The third-order valence-corrected chi connectivity index (χ3v) is 5.66. The molecule has 7 nitrogen and oxygen atoms in total. The van der Waals surface area contributed by atoms with Crippen molar-refractivity contribution in [3.8, 4) is 0 Å². The van der Waals surface area contributed by atoms with E-state index in [-0.39, 0.29) is 30.2 Å². The number of hydrogen-bond acceptors (Lipinski definition) is 5. The molecule has 1 aliphatic carbocycles. The number of nitrogens with zero attached hydrogens (tertiary/aromatic N) is 1. The van der Waals surface area contributed by atoms with Gasteiger partial charge in [-0.1, -0.05) is 12.1 Å². The van der Waals surface area contributed by atoms with Crippen LogP contribution in [0.3, 0.4) is 0 Å². The van der Waals surface area contributed by atoms with Gasteiger partial charge in [0.05, 0.1) is 0 Å². The van der Waals surface area contributed by atoms with Gasteiger partial charge >= 0.3 is 0 Å². The van der Waals surface area contributed by atoms with Crippen molar-refractivity contribution < 1.29 is 14.4 Å². The Morgan fingerprint density at radius 2 is 2.04 bits per heavy atom. The van der Waals surface area contributed by atoms with Gasteiger partial charge in [-0.3, -0.25) is 19.7 Å². The smallest absolute Gasteiger partial charge is 0.255 e. The van der Waals surface area contributed by atoms with Crippen molar-refractivity contribution in [1.82, 2.24) is 15.5 Å². The molecule has 4 rings (SSSR count).